The van der Waals surface area contributed by atoms with Crippen molar-refractivity contribution >= 4 is 28.7 Å². The summed E-state index contributed by atoms with van der Waals surface area (Å²) in [5.74, 6) is 0. The summed E-state index contributed by atoms with van der Waals surface area (Å²) < 4.78 is 0.761. The van der Waals surface area contributed by atoms with Crippen LogP contribution in [0.4, 0.5) is 5.13 Å². The highest BCUT2D eigenvalue weighted by Gasteiger charge is 2.22. The van der Waals surface area contributed by atoms with E-state index in [0.29, 0.717) is 6.04 Å². The van der Waals surface area contributed by atoms with Gasteiger partial charge in [-0.2, -0.15) is 0 Å². The van der Waals surface area contributed by atoms with Gasteiger partial charge in [-0.3, -0.25) is 5.10 Å². The lowest BCUT2D eigenvalue weighted by Gasteiger charge is -2.35. The van der Waals surface area contributed by atoms with Gasteiger partial charge in [0.15, 0.2) is 3.95 Å². The van der Waals surface area contributed by atoms with Gasteiger partial charge < -0.3 is 9.80 Å². The minimum absolute atomic E-state index is 0.635. The minimum Gasteiger partial charge on any atom is -0.345 e. The van der Waals surface area contributed by atoms with Gasteiger partial charge in [0.05, 0.1) is 0 Å². The van der Waals surface area contributed by atoms with Crippen molar-refractivity contribution in [2.45, 2.75) is 18.9 Å². The molecule has 0 saturated carbocycles. The van der Waals surface area contributed by atoms with E-state index in [0.717, 1.165) is 22.2 Å². The molecule has 15 heavy (non-hydrogen) atoms. The third-order valence-electron chi connectivity index (χ3n) is 2.82. The SMILES string of the molecule is CN(C)C1CCCN(c2n[nH]c(=S)s2)C1. The van der Waals surface area contributed by atoms with Gasteiger partial charge in [0.2, 0.25) is 5.13 Å². The van der Waals surface area contributed by atoms with Gasteiger partial charge in [-0.1, -0.05) is 11.3 Å². The van der Waals surface area contributed by atoms with E-state index in [1.807, 2.05) is 0 Å². The van der Waals surface area contributed by atoms with Crippen LogP contribution in [-0.4, -0.2) is 48.3 Å². The third-order valence-corrected chi connectivity index (χ3v) is 3.97. The lowest BCUT2D eigenvalue weighted by Crippen LogP contribution is -2.45. The van der Waals surface area contributed by atoms with Crippen LogP contribution >= 0.6 is 23.6 Å². The number of aromatic nitrogens is 2. The van der Waals surface area contributed by atoms with Crippen molar-refractivity contribution in [1.82, 2.24) is 15.1 Å². The van der Waals surface area contributed by atoms with Crippen LogP contribution in [0.25, 0.3) is 0 Å². The molecule has 0 bridgehead atoms. The summed E-state index contributed by atoms with van der Waals surface area (Å²) in [5.41, 5.74) is 0. The molecule has 0 amide bonds. The Morgan fingerprint density at radius 2 is 2.40 bits per heavy atom. The first-order valence-corrected chi connectivity index (χ1v) is 6.36. The van der Waals surface area contributed by atoms with E-state index in [4.69, 9.17) is 12.2 Å². The third kappa shape index (κ3) is 2.56. The van der Waals surface area contributed by atoms with E-state index in [-0.39, 0.29) is 0 Å². The second-order valence-electron chi connectivity index (χ2n) is 4.10. The predicted octanol–water partition coefficient (Wildman–Crippen LogP) is 1.73. The topological polar surface area (TPSA) is 35.2 Å². The molecule has 2 heterocycles. The molecule has 1 aliphatic rings. The van der Waals surface area contributed by atoms with Crippen LogP contribution in [0.3, 0.4) is 0 Å². The van der Waals surface area contributed by atoms with Crippen LogP contribution in [0.15, 0.2) is 0 Å². The standard InChI is InChI=1S/C9H16N4S2/c1-12(2)7-4-3-5-13(6-7)8-10-11-9(14)15-8/h7H,3-6H2,1-2H3,(H,11,14). The lowest BCUT2D eigenvalue weighted by molar-refractivity contribution is 0.258. The predicted molar refractivity (Wildman–Crippen MR) is 66.2 cm³/mol. The maximum atomic E-state index is 5.05. The Kier molecular flexibility index (Phi) is 3.38. The van der Waals surface area contributed by atoms with E-state index in [2.05, 4.69) is 34.1 Å². The largest absolute Gasteiger partial charge is 0.345 e. The average Bonchev–Trinajstić information content (AvgIpc) is 2.65. The fraction of sp³-hybridized carbons (Fsp3) is 0.778. The molecule has 1 atom stereocenters. The van der Waals surface area contributed by atoms with Gasteiger partial charge in [-0.05, 0) is 39.2 Å². The zero-order valence-corrected chi connectivity index (χ0v) is 10.7. The van der Waals surface area contributed by atoms with Crippen LogP contribution in [0.2, 0.25) is 0 Å². The molecule has 84 valence electrons. The highest BCUT2D eigenvalue weighted by molar-refractivity contribution is 7.73. The maximum absolute atomic E-state index is 5.05. The van der Waals surface area contributed by atoms with E-state index in [9.17, 15) is 0 Å². The molecule has 1 aliphatic heterocycles. The first-order valence-electron chi connectivity index (χ1n) is 5.13. The Balaban J connectivity index is 2.07. The molecule has 0 aliphatic carbocycles. The summed E-state index contributed by atoms with van der Waals surface area (Å²) in [7, 11) is 4.28. The van der Waals surface area contributed by atoms with Gasteiger partial charge in [-0.15, -0.1) is 5.10 Å². The zero-order valence-electron chi connectivity index (χ0n) is 9.06. The number of piperidine rings is 1. The van der Waals surface area contributed by atoms with Crippen molar-refractivity contribution < 1.29 is 0 Å². The molecule has 1 aromatic rings. The molecule has 6 heteroatoms. The minimum atomic E-state index is 0.635. The van der Waals surface area contributed by atoms with Crippen molar-refractivity contribution in [3.8, 4) is 0 Å². The number of hydrogen-bond donors (Lipinski definition) is 1. The second kappa shape index (κ2) is 4.59. The number of anilines is 1. The molecular weight excluding hydrogens is 228 g/mol. The van der Waals surface area contributed by atoms with Gasteiger partial charge in [0, 0.05) is 19.1 Å². The Morgan fingerprint density at radius 3 is 3.00 bits per heavy atom. The molecule has 1 unspecified atom stereocenters. The Morgan fingerprint density at radius 1 is 1.60 bits per heavy atom. The fourth-order valence-corrected chi connectivity index (χ4v) is 2.82. The van der Waals surface area contributed by atoms with Crippen molar-refractivity contribution in [3.63, 3.8) is 0 Å². The number of nitrogens with one attached hydrogen (secondary N) is 1. The van der Waals surface area contributed by atoms with Crippen LogP contribution in [0, 0.1) is 3.95 Å². The van der Waals surface area contributed by atoms with Crippen LogP contribution in [0.1, 0.15) is 12.8 Å². The van der Waals surface area contributed by atoms with Crippen molar-refractivity contribution in [2.24, 2.45) is 0 Å². The summed E-state index contributed by atoms with van der Waals surface area (Å²) in [6, 6.07) is 0.635. The van der Waals surface area contributed by atoms with Crippen molar-refractivity contribution in [2.75, 3.05) is 32.1 Å². The van der Waals surface area contributed by atoms with Gasteiger partial charge >= 0.3 is 0 Å². The molecule has 2 rings (SSSR count). The van der Waals surface area contributed by atoms with E-state index >= 15 is 0 Å². The molecule has 0 spiro atoms. The zero-order chi connectivity index (χ0) is 10.8. The summed E-state index contributed by atoms with van der Waals surface area (Å²) in [4.78, 5) is 4.61. The van der Waals surface area contributed by atoms with Crippen LogP contribution < -0.4 is 4.90 Å². The molecular formula is C9H16N4S2. The Hall–Kier alpha value is -0.460. The molecule has 1 N–H and O–H groups in total. The number of aromatic amines is 1. The summed E-state index contributed by atoms with van der Waals surface area (Å²) in [5, 5.41) is 8.10. The van der Waals surface area contributed by atoms with E-state index in [1.54, 1.807) is 11.3 Å². The van der Waals surface area contributed by atoms with Gasteiger partial charge in [0.25, 0.3) is 0 Å². The Bertz CT molecular complexity index is 370. The van der Waals surface area contributed by atoms with Gasteiger partial charge in [0.1, 0.15) is 0 Å². The molecule has 1 saturated heterocycles. The average molecular weight is 244 g/mol. The van der Waals surface area contributed by atoms with Crippen LogP contribution in [0.5, 0.6) is 0 Å². The number of nitrogens with zero attached hydrogens (tertiary/aromatic N) is 3. The number of likely N-dealkylation sites (N-methyl/N-ethyl adjacent to an activating group) is 1. The first-order chi connectivity index (χ1) is 7.16. The molecule has 1 fully saturated rings. The van der Waals surface area contributed by atoms with E-state index < -0.39 is 0 Å². The van der Waals surface area contributed by atoms with Gasteiger partial charge in [-0.25, -0.2) is 0 Å². The second-order valence-corrected chi connectivity index (χ2v) is 5.75. The highest BCUT2D eigenvalue weighted by atomic mass is 32.1. The van der Waals surface area contributed by atoms with E-state index in [1.165, 1.54) is 12.8 Å². The number of rotatable bonds is 2. The summed E-state index contributed by atoms with van der Waals surface area (Å²) in [6.45, 7) is 2.16. The van der Waals surface area contributed by atoms with Crippen molar-refractivity contribution in [1.29, 1.82) is 0 Å². The van der Waals surface area contributed by atoms with Crippen molar-refractivity contribution in [3.05, 3.63) is 3.95 Å². The summed E-state index contributed by atoms with van der Waals surface area (Å²) in [6.07, 6.45) is 2.51. The molecule has 4 nitrogen and oxygen atoms in total. The molecule has 0 aromatic carbocycles. The number of hydrogen-bond acceptors (Lipinski definition) is 5. The quantitative estimate of drug-likeness (QED) is 0.804. The summed E-state index contributed by atoms with van der Waals surface area (Å²) >= 11 is 6.61. The fourth-order valence-electron chi connectivity index (χ4n) is 1.91. The first kappa shape index (κ1) is 11.0. The van der Waals surface area contributed by atoms with Crippen LogP contribution in [-0.2, 0) is 0 Å². The molecule has 0 radical (unpaired) electrons. The monoisotopic (exact) mass is 244 g/mol. The lowest BCUT2D eigenvalue weighted by atomic mass is 10.1. The Labute approximate surface area is 98.9 Å². The maximum Gasteiger partial charge on any atom is 0.206 e. The normalized spacial score (nSPS) is 22.3. The molecule has 1 aromatic heterocycles. The highest BCUT2D eigenvalue weighted by Crippen LogP contribution is 2.23. The smallest absolute Gasteiger partial charge is 0.206 e. The number of H-pyrrole nitrogens is 1.